The predicted octanol–water partition coefficient (Wildman–Crippen LogP) is 1.12. The van der Waals surface area contributed by atoms with Crippen molar-refractivity contribution < 1.29 is 4.79 Å². The van der Waals surface area contributed by atoms with Crippen molar-refractivity contribution in [1.29, 1.82) is 0 Å². The summed E-state index contributed by atoms with van der Waals surface area (Å²) in [6, 6.07) is 6.59. The molecule has 3 rings (SSSR count). The molecule has 0 saturated carbocycles. The van der Waals surface area contributed by atoms with E-state index < -0.39 is 0 Å². The van der Waals surface area contributed by atoms with Gasteiger partial charge in [-0.3, -0.25) is 14.7 Å². The Balaban J connectivity index is 1.77. The molecular weight excluding hydrogens is 256 g/mol. The second-order valence-corrected chi connectivity index (χ2v) is 5.03. The Labute approximate surface area is 115 Å². The summed E-state index contributed by atoms with van der Waals surface area (Å²) in [5, 5.41) is 6.93. The van der Waals surface area contributed by atoms with Gasteiger partial charge in [-0.25, -0.2) is 0 Å². The first-order valence-electron chi connectivity index (χ1n) is 6.72. The fourth-order valence-corrected chi connectivity index (χ4v) is 2.65. The van der Waals surface area contributed by atoms with Gasteiger partial charge in [0.05, 0.1) is 0 Å². The monoisotopic (exact) mass is 272 g/mol. The molecule has 1 amide bonds. The highest BCUT2D eigenvalue weighted by Gasteiger charge is 2.26. The van der Waals surface area contributed by atoms with Gasteiger partial charge >= 0.3 is 0 Å². The smallest absolute Gasteiger partial charge is 0.270 e. The van der Waals surface area contributed by atoms with E-state index in [2.05, 4.69) is 15.2 Å². The molecule has 6 nitrogen and oxygen atoms in total. The van der Waals surface area contributed by atoms with Crippen LogP contribution >= 0.6 is 0 Å². The van der Waals surface area contributed by atoms with Crippen molar-refractivity contribution in [2.75, 3.05) is 13.1 Å². The third-order valence-corrected chi connectivity index (χ3v) is 3.67. The van der Waals surface area contributed by atoms with Crippen LogP contribution in [0, 0.1) is 0 Å². The van der Waals surface area contributed by atoms with Gasteiger partial charge in [0.25, 0.3) is 5.91 Å². The fourth-order valence-electron chi connectivity index (χ4n) is 2.65. The highest BCUT2D eigenvalue weighted by atomic mass is 16.2. The summed E-state index contributed by atoms with van der Waals surface area (Å²) >= 11 is 0. The number of hydrogen-bond donors (Lipinski definition) is 2. The van der Waals surface area contributed by atoms with Crippen LogP contribution in [0.5, 0.6) is 0 Å². The molecule has 0 aromatic carbocycles. The fraction of sp³-hybridized carbons (Fsp3) is 0.357. The zero-order valence-corrected chi connectivity index (χ0v) is 11.0. The molecule has 1 atom stereocenters. The number of piperidine rings is 1. The zero-order chi connectivity index (χ0) is 13.9. The van der Waals surface area contributed by atoms with E-state index in [4.69, 9.17) is 0 Å². The SMILES string of the molecule is O=C(c1cccc(=O)[nH]1)N1CCCC(c2ccn[nH]2)C1. The first kappa shape index (κ1) is 12.7. The number of carbonyl (C=O) groups excluding carboxylic acids is 1. The predicted molar refractivity (Wildman–Crippen MR) is 73.5 cm³/mol. The van der Waals surface area contributed by atoms with Crippen molar-refractivity contribution >= 4 is 5.91 Å². The molecule has 3 heterocycles. The van der Waals surface area contributed by atoms with Crippen LogP contribution in [-0.2, 0) is 0 Å². The summed E-state index contributed by atoms with van der Waals surface area (Å²) in [7, 11) is 0. The number of aromatic nitrogens is 3. The lowest BCUT2D eigenvalue weighted by Gasteiger charge is -2.32. The molecule has 1 aliphatic rings. The third-order valence-electron chi connectivity index (χ3n) is 3.67. The number of amides is 1. The molecule has 2 aromatic rings. The maximum absolute atomic E-state index is 12.4. The van der Waals surface area contributed by atoms with Gasteiger partial charge in [-0.1, -0.05) is 6.07 Å². The van der Waals surface area contributed by atoms with Crippen LogP contribution in [0.2, 0.25) is 0 Å². The number of nitrogens with one attached hydrogen (secondary N) is 2. The van der Waals surface area contributed by atoms with Gasteiger partial charge in [0.2, 0.25) is 5.56 Å². The minimum atomic E-state index is -0.252. The van der Waals surface area contributed by atoms with E-state index in [0.717, 1.165) is 25.1 Å². The number of rotatable bonds is 2. The highest BCUT2D eigenvalue weighted by molar-refractivity contribution is 5.92. The summed E-state index contributed by atoms with van der Waals surface area (Å²) in [5.41, 5.74) is 1.16. The van der Waals surface area contributed by atoms with Gasteiger partial charge in [-0.15, -0.1) is 0 Å². The molecular formula is C14H16N4O2. The lowest BCUT2D eigenvalue weighted by Crippen LogP contribution is -2.40. The Morgan fingerprint density at radius 1 is 1.35 bits per heavy atom. The van der Waals surface area contributed by atoms with Crippen molar-refractivity contribution in [3.63, 3.8) is 0 Å². The summed E-state index contributed by atoms with van der Waals surface area (Å²) in [6.07, 6.45) is 3.72. The van der Waals surface area contributed by atoms with E-state index in [1.54, 1.807) is 23.2 Å². The van der Waals surface area contributed by atoms with Gasteiger partial charge in [0, 0.05) is 37.0 Å². The van der Waals surface area contributed by atoms with Crippen LogP contribution in [0.15, 0.2) is 35.3 Å². The first-order chi connectivity index (χ1) is 9.74. The second kappa shape index (κ2) is 5.32. The van der Waals surface area contributed by atoms with Crippen LogP contribution in [0.1, 0.15) is 34.9 Å². The number of aromatic amines is 2. The van der Waals surface area contributed by atoms with Crippen LogP contribution in [0.3, 0.4) is 0 Å². The molecule has 1 aliphatic heterocycles. The molecule has 0 radical (unpaired) electrons. The molecule has 0 spiro atoms. The van der Waals surface area contributed by atoms with E-state index in [9.17, 15) is 9.59 Å². The van der Waals surface area contributed by atoms with Crippen molar-refractivity contribution in [2.24, 2.45) is 0 Å². The lowest BCUT2D eigenvalue weighted by atomic mass is 9.95. The Hall–Kier alpha value is -2.37. The summed E-state index contributed by atoms with van der Waals surface area (Å²) in [6.45, 7) is 1.37. The number of hydrogen-bond acceptors (Lipinski definition) is 3. The van der Waals surface area contributed by atoms with Gasteiger partial charge in [-0.2, -0.15) is 5.10 Å². The molecule has 20 heavy (non-hydrogen) atoms. The van der Waals surface area contributed by atoms with E-state index in [-0.39, 0.29) is 17.4 Å². The number of likely N-dealkylation sites (tertiary alicyclic amines) is 1. The Bertz CT molecular complexity index is 647. The van der Waals surface area contributed by atoms with E-state index >= 15 is 0 Å². The lowest BCUT2D eigenvalue weighted by molar-refractivity contribution is 0.0699. The minimum absolute atomic E-state index is 0.119. The molecule has 104 valence electrons. The molecule has 1 saturated heterocycles. The number of pyridine rings is 1. The number of H-pyrrole nitrogens is 2. The van der Waals surface area contributed by atoms with Gasteiger partial charge in [0.1, 0.15) is 5.69 Å². The summed E-state index contributed by atoms with van der Waals surface area (Å²) in [4.78, 5) is 28.1. The number of carbonyl (C=O) groups is 1. The standard InChI is InChI=1S/C14H16N4O2/c19-13-5-1-4-12(16-13)14(20)18-8-2-3-10(9-18)11-6-7-15-17-11/h1,4-7,10H,2-3,8-9H2,(H,15,17)(H,16,19). The molecule has 2 N–H and O–H groups in total. The van der Waals surface area contributed by atoms with Crippen LogP contribution in [0.25, 0.3) is 0 Å². The average Bonchev–Trinajstić information content (AvgIpc) is 3.01. The number of nitrogens with zero attached hydrogens (tertiary/aromatic N) is 2. The normalized spacial score (nSPS) is 19.0. The quantitative estimate of drug-likeness (QED) is 0.859. The molecule has 0 bridgehead atoms. The third kappa shape index (κ3) is 2.49. The Morgan fingerprint density at radius 2 is 2.25 bits per heavy atom. The second-order valence-electron chi connectivity index (χ2n) is 5.03. The summed E-state index contributed by atoms with van der Waals surface area (Å²) < 4.78 is 0. The largest absolute Gasteiger partial charge is 0.337 e. The van der Waals surface area contributed by atoms with Crippen molar-refractivity contribution in [2.45, 2.75) is 18.8 Å². The van der Waals surface area contributed by atoms with Crippen molar-refractivity contribution in [3.8, 4) is 0 Å². The topological polar surface area (TPSA) is 81.8 Å². The van der Waals surface area contributed by atoms with E-state index in [0.29, 0.717) is 12.2 Å². The zero-order valence-electron chi connectivity index (χ0n) is 11.0. The van der Waals surface area contributed by atoms with Gasteiger partial charge in [-0.05, 0) is 25.0 Å². The average molecular weight is 272 g/mol. The minimum Gasteiger partial charge on any atom is -0.337 e. The highest BCUT2D eigenvalue weighted by Crippen LogP contribution is 2.25. The van der Waals surface area contributed by atoms with Crippen molar-refractivity contribution in [1.82, 2.24) is 20.1 Å². The van der Waals surface area contributed by atoms with E-state index in [1.807, 2.05) is 6.07 Å². The maximum Gasteiger partial charge on any atom is 0.270 e. The van der Waals surface area contributed by atoms with Crippen LogP contribution in [0.4, 0.5) is 0 Å². The first-order valence-corrected chi connectivity index (χ1v) is 6.72. The molecule has 2 aromatic heterocycles. The Kier molecular flexibility index (Phi) is 3.37. The molecule has 1 fully saturated rings. The van der Waals surface area contributed by atoms with Crippen LogP contribution < -0.4 is 5.56 Å². The Morgan fingerprint density at radius 3 is 3.00 bits per heavy atom. The van der Waals surface area contributed by atoms with E-state index in [1.165, 1.54) is 6.07 Å². The molecule has 0 aliphatic carbocycles. The maximum atomic E-state index is 12.4. The van der Waals surface area contributed by atoms with Crippen LogP contribution in [-0.4, -0.2) is 39.1 Å². The molecule has 1 unspecified atom stereocenters. The van der Waals surface area contributed by atoms with Gasteiger partial charge in [0.15, 0.2) is 0 Å². The molecule has 6 heteroatoms. The van der Waals surface area contributed by atoms with Crippen molar-refractivity contribution in [3.05, 3.63) is 52.2 Å². The van der Waals surface area contributed by atoms with Gasteiger partial charge < -0.3 is 9.88 Å². The summed E-state index contributed by atoms with van der Waals surface area (Å²) in [5.74, 6) is 0.164.